The summed E-state index contributed by atoms with van der Waals surface area (Å²) in [5.41, 5.74) is 0. The Bertz CT molecular complexity index is 1070. The van der Waals surface area contributed by atoms with Crippen LogP contribution in [0.3, 0.4) is 0 Å². The van der Waals surface area contributed by atoms with Gasteiger partial charge in [-0.25, -0.2) is 0 Å². The van der Waals surface area contributed by atoms with Gasteiger partial charge in [-0.15, -0.1) is 0 Å². The summed E-state index contributed by atoms with van der Waals surface area (Å²) in [5, 5.41) is 4.47. The second kappa shape index (κ2) is 50.6. The number of alkyl halides is 3. The first-order valence-electron chi connectivity index (χ1n) is 22.4. The normalized spacial score (nSPS) is 11.2. The average Bonchev–Trinajstić information content (AvgIpc) is 3.28. The van der Waals surface area contributed by atoms with Crippen molar-refractivity contribution in [3.63, 3.8) is 0 Å². The predicted molar refractivity (Wildman–Crippen MR) is 231 cm³/mol. The Morgan fingerprint density at radius 1 is 0.446 bits per heavy atom. The summed E-state index contributed by atoms with van der Waals surface area (Å²) in [6, 6.07) is 0. The molecule has 0 aromatic carbocycles. The molecule has 0 aliphatic rings. The molecule has 0 atom stereocenters. The van der Waals surface area contributed by atoms with E-state index in [9.17, 15) is 32.3 Å². The Morgan fingerprint density at radius 3 is 1.15 bits per heavy atom. The summed E-state index contributed by atoms with van der Waals surface area (Å²) in [4.78, 5) is 48.6. The average molecular weight is 956 g/mol. The molecule has 0 aromatic heterocycles. The minimum atomic E-state index is -4.99. The third-order valence-electron chi connectivity index (χ3n) is 7.94. The molecule has 0 rings (SSSR count). The van der Waals surface area contributed by atoms with E-state index in [1.165, 1.54) is 4.90 Å². The van der Waals surface area contributed by atoms with Crippen LogP contribution in [0.5, 0.6) is 0 Å². The maximum absolute atomic E-state index is 12.6. The van der Waals surface area contributed by atoms with E-state index in [0.717, 1.165) is 6.61 Å². The highest BCUT2D eigenvalue weighted by atomic mass is 19.4. The van der Waals surface area contributed by atoms with Gasteiger partial charge in [-0.1, -0.05) is 0 Å². The number of halogens is 3. The van der Waals surface area contributed by atoms with E-state index < -0.39 is 18.1 Å². The molecule has 0 aliphatic carbocycles. The first-order chi connectivity index (χ1) is 31.5. The predicted octanol–water partition coefficient (Wildman–Crippen LogP) is 1.98. The second-order valence-corrected chi connectivity index (χ2v) is 13.1. The zero-order valence-electron chi connectivity index (χ0n) is 39.4. The number of nitrogens with zero attached hydrogens (tertiary/aromatic N) is 1. The molecule has 0 bridgehead atoms. The first-order valence-corrected chi connectivity index (χ1v) is 22.4. The lowest BCUT2D eigenvalue weighted by atomic mass is 10.2. The number of carbonyl (C=O) groups excluding carboxylic acids is 4. The Kier molecular flexibility index (Phi) is 50.0. The van der Waals surface area contributed by atoms with Gasteiger partial charge in [0.1, 0.15) is 0 Å². The maximum atomic E-state index is 12.6. The van der Waals surface area contributed by atoms with Crippen molar-refractivity contribution >= 4 is 23.7 Å². The molecule has 20 nitrogen and oxygen atoms in total. The van der Waals surface area contributed by atoms with E-state index in [0.29, 0.717) is 145 Å². The summed E-state index contributed by atoms with van der Waals surface area (Å²) >= 11 is 0. The SMILES string of the molecule is CCOCCOCCOCCOCCOCCOC.CCOCCOCCOCCOCCOCCOCCC(=O)NCCCN(CCCNC(=O)C(F)(F)F)C(=O)CCC(=O)OCC. The summed E-state index contributed by atoms with van der Waals surface area (Å²) in [7, 11) is 1.65. The van der Waals surface area contributed by atoms with Gasteiger partial charge in [0.15, 0.2) is 0 Å². The van der Waals surface area contributed by atoms with Crippen molar-refractivity contribution < 1.29 is 93.9 Å². The Labute approximate surface area is 383 Å². The standard InChI is InChI=1S/C29H52F3N3O11.C13H28O6/c1-3-40-15-16-42-19-20-44-23-24-45-22-21-43-18-17-41-14-9-25(36)33-10-5-12-35(26(37)7-8-27(38)46-4-2)13-6-11-34-28(39)29(30,31)32;1-3-15-6-7-17-10-11-19-13-12-18-9-8-16-5-4-14-2/h3-24H2,1-2H3,(H,33,36)(H,34,39);3-13H2,1-2H3. The van der Waals surface area contributed by atoms with E-state index >= 15 is 0 Å². The molecule has 65 heavy (non-hydrogen) atoms. The van der Waals surface area contributed by atoms with Crippen LogP contribution in [0.15, 0.2) is 0 Å². The topological polar surface area (TPSA) is 216 Å². The van der Waals surface area contributed by atoms with Crippen molar-refractivity contribution in [2.75, 3.05) is 192 Å². The molecule has 0 heterocycles. The first kappa shape index (κ1) is 64.3. The lowest BCUT2D eigenvalue weighted by Gasteiger charge is -2.23. The highest BCUT2D eigenvalue weighted by molar-refractivity contribution is 5.82. The molecule has 0 aromatic rings. The third kappa shape index (κ3) is 50.4. The van der Waals surface area contributed by atoms with Gasteiger partial charge in [0.25, 0.3) is 0 Å². The fourth-order valence-electron chi connectivity index (χ4n) is 4.69. The van der Waals surface area contributed by atoms with E-state index in [1.807, 2.05) is 13.8 Å². The number of hydrogen-bond acceptors (Lipinski definition) is 17. The van der Waals surface area contributed by atoms with Gasteiger partial charge in [0.05, 0.1) is 152 Å². The van der Waals surface area contributed by atoms with Crippen molar-refractivity contribution in [1.29, 1.82) is 0 Å². The number of esters is 1. The monoisotopic (exact) mass is 956 g/mol. The minimum absolute atomic E-state index is 0.0656. The van der Waals surface area contributed by atoms with Crippen molar-refractivity contribution in [3.05, 3.63) is 0 Å². The Morgan fingerprint density at radius 2 is 0.800 bits per heavy atom. The third-order valence-corrected chi connectivity index (χ3v) is 7.94. The van der Waals surface area contributed by atoms with E-state index in [2.05, 4.69) is 5.32 Å². The number of amides is 3. The van der Waals surface area contributed by atoms with Crippen molar-refractivity contribution in [1.82, 2.24) is 15.5 Å². The van der Waals surface area contributed by atoms with Crippen LogP contribution in [0.25, 0.3) is 0 Å². The van der Waals surface area contributed by atoms with Crippen LogP contribution in [0.4, 0.5) is 13.2 Å². The van der Waals surface area contributed by atoms with E-state index in [1.54, 1.807) is 19.4 Å². The number of rotatable bonds is 47. The van der Waals surface area contributed by atoms with E-state index in [-0.39, 0.29) is 76.9 Å². The largest absolute Gasteiger partial charge is 0.471 e. The lowest BCUT2D eigenvalue weighted by molar-refractivity contribution is -0.173. The number of nitrogens with one attached hydrogen (secondary N) is 2. The van der Waals surface area contributed by atoms with Gasteiger partial charge in [0, 0.05) is 59.3 Å². The van der Waals surface area contributed by atoms with Crippen molar-refractivity contribution in [2.24, 2.45) is 0 Å². The number of hydrogen-bond donors (Lipinski definition) is 2. The quantitative estimate of drug-likeness (QED) is 0.0659. The van der Waals surface area contributed by atoms with Crippen LogP contribution < -0.4 is 10.6 Å². The van der Waals surface area contributed by atoms with Crippen LogP contribution >= 0.6 is 0 Å². The van der Waals surface area contributed by atoms with Crippen LogP contribution in [-0.4, -0.2) is 227 Å². The van der Waals surface area contributed by atoms with Crippen molar-refractivity contribution in [3.8, 4) is 0 Å². The van der Waals surface area contributed by atoms with E-state index in [4.69, 9.17) is 61.6 Å². The minimum Gasteiger partial charge on any atom is -0.466 e. The van der Waals surface area contributed by atoms with Crippen LogP contribution in [0, 0.1) is 0 Å². The molecule has 0 saturated heterocycles. The summed E-state index contributed by atoms with van der Waals surface area (Å²) < 4.78 is 105. The van der Waals surface area contributed by atoms with Gasteiger partial charge >= 0.3 is 18.1 Å². The van der Waals surface area contributed by atoms with Gasteiger partial charge < -0.3 is 77.1 Å². The highest BCUT2D eigenvalue weighted by Gasteiger charge is 2.38. The second-order valence-electron chi connectivity index (χ2n) is 13.1. The molecule has 0 unspecified atom stereocenters. The number of ether oxygens (including phenoxy) is 13. The molecule has 386 valence electrons. The zero-order chi connectivity index (χ0) is 48.3. The smallest absolute Gasteiger partial charge is 0.466 e. The molecular formula is C42H80F3N3O17. The molecular weight excluding hydrogens is 875 g/mol. The molecule has 2 N–H and O–H groups in total. The fourth-order valence-corrected chi connectivity index (χ4v) is 4.69. The van der Waals surface area contributed by atoms with Crippen molar-refractivity contribution in [2.45, 2.75) is 59.1 Å². The molecule has 23 heteroatoms. The molecule has 0 fully saturated rings. The van der Waals surface area contributed by atoms with Crippen LogP contribution in [0.2, 0.25) is 0 Å². The van der Waals surface area contributed by atoms with Gasteiger partial charge in [-0.2, -0.15) is 13.2 Å². The van der Waals surface area contributed by atoms with Gasteiger partial charge in [-0.3, -0.25) is 19.2 Å². The molecule has 3 amide bonds. The summed E-state index contributed by atoms with van der Waals surface area (Å²) in [5.74, 6) is -3.22. The molecule has 0 radical (unpaired) electrons. The van der Waals surface area contributed by atoms with Crippen LogP contribution in [-0.2, 0) is 80.8 Å². The van der Waals surface area contributed by atoms with Gasteiger partial charge in [-0.05, 0) is 33.6 Å². The Hall–Kier alpha value is -2.81. The van der Waals surface area contributed by atoms with Gasteiger partial charge in [0.2, 0.25) is 11.8 Å². The number of carbonyl (C=O) groups is 4. The molecule has 0 aliphatic heterocycles. The molecule has 0 spiro atoms. The van der Waals surface area contributed by atoms with Crippen LogP contribution in [0.1, 0.15) is 52.9 Å². The highest BCUT2D eigenvalue weighted by Crippen LogP contribution is 2.14. The fraction of sp³-hybridized carbons (Fsp3) is 0.905. The summed E-state index contributed by atoms with van der Waals surface area (Å²) in [6.45, 7) is 18.0. The Balaban J connectivity index is 0. The lowest BCUT2D eigenvalue weighted by Crippen LogP contribution is -2.40. The summed E-state index contributed by atoms with van der Waals surface area (Å²) in [6.07, 6.45) is -4.67. The maximum Gasteiger partial charge on any atom is 0.471 e. The number of methoxy groups -OCH3 is 1. The molecule has 0 saturated carbocycles. The zero-order valence-corrected chi connectivity index (χ0v) is 39.4.